The SMILES string of the molecule is N#Cc1ccc(NC(=O)CSc2nnc(-c3ccccc3Cl)o2)cc1Cl. The van der Waals surface area contributed by atoms with Crippen molar-refractivity contribution in [1.82, 2.24) is 10.2 Å². The minimum atomic E-state index is -0.270. The van der Waals surface area contributed by atoms with Crippen LogP contribution >= 0.6 is 35.0 Å². The Morgan fingerprint density at radius 2 is 2.00 bits per heavy atom. The lowest BCUT2D eigenvalue weighted by Crippen LogP contribution is -2.14. The first-order chi connectivity index (χ1) is 12.6. The summed E-state index contributed by atoms with van der Waals surface area (Å²) >= 11 is 13.1. The number of carbonyl (C=O) groups is 1. The van der Waals surface area contributed by atoms with Gasteiger partial charge in [0, 0.05) is 5.69 Å². The van der Waals surface area contributed by atoms with Gasteiger partial charge in [0.1, 0.15) is 6.07 Å². The number of rotatable bonds is 5. The van der Waals surface area contributed by atoms with Gasteiger partial charge in [0.05, 0.1) is 26.9 Å². The number of nitriles is 1. The van der Waals surface area contributed by atoms with Crippen LogP contribution in [0.1, 0.15) is 5.56 Å². The number of thioether (sulfide) groups is 1. The van der Waals surface area contributed by atoms with E-state index in [2.05, 4.69) is 15.5 Å². The maximum Gasteiger partial charge on any atom is 0.277 e. The standard InChI is InChI=1S/C17H10Cl2N4O2S/c18-13-4-2-1-3-12(13)16-22-23-17(25-16)26-9-15(24)21-11-6-5-10(8-20)14(19)7-11/h1-7H,9H2,(H,21,24). The molecule has 3 rings (SSSR count). The number of amides is 1. The van der Waals surface area contributed by atoms with Gasteiger partial charge in [-0.2, -0.15) is 5.26 Å². The minimum absolute atomic E-state index is 0.0712. The summed E-state index contributed by atoms with van der Waals surface area (Å²) in [5.41, 5.74) is 1.48. The number of halogens is 2. The van der Waals surface area contributed by atoms with Gasteiger partial charge >= 0.3 is 0 Å². The summed E-state index contributed by atoms with van der Waals surface area (Å²) in [6, 6.07) is 13.7. The highest BCUT2D eigenvalue weighted by Gasteiger charge is 2.13. The average Bonchev–Trinajstić information content (AvgIpc) is 3.09. The number of hydrogen-bond acceptors (Lipinski definition) is 6. The second-order valence-electron chi connectivity index (χ2n) is 5.00. The fourth-order valence-electron chi connectivity index (χ4n) is 2.02. The Bertz CT molecular complexity index is 1000. The molecule has 0 saturated heterocycles. The summed E-state index contributed by atoms with van der Waals surface area (Å²) in [4.78, 5) is 12.0. The van der Waals surface area contributed by atoms with Crippen molar-refractivity contribution >= 4 is 46.6 Å². The molecule has 6 nitrogen and oxygen atoms in total. The van der Waals surface area contributed by atoms with E-state index in [1.807, 2.05) is 12.1 Å². The van der Waals surface area contributed by atoms with Crippen LogP contribution in [0.3, 0.4) is 0 Å². The minimum Gasteiger partial charge on any atom is -0.411 e. The molecular formula is C17H10Cl2N4O2S. The normalized spacial score (nSPS) is 10.3. The number of aromatic nitrogens is 2. The molecule has 3 aromatic rings. The lowest BCUT2D eigenvalue weighted by Gasteiger charge is -2.05. The van der Waals surface area contributed by atoms with Crippen molar-refractivity contribution in [3.63, 3.8) is 0 Å². The molecular weight excluding hydrogens is 395 g/mol. The Hall–Kier alpha value is -2.53. The first-order valence-electron chi connectivity index (χ1n) is 7.27. The molecule has 0 unspecified atom stereocenters. The van der Waals surface area contributed by atoms with Crippen molar-refractivity contribution in [3.8, 4) is 17.5 Å². The lowest BCUT2D eigenvalue weighted by atomic mass is 10.2. The highest BCUT2D eigenvalue weighted by molar-refractivity contribution is 7.99. The lowest BCUT2D eigenvalue weighted by molar-refractivity contribution is -0.113. The quantitative estimate of drug-likeness (QED) is 0.622. The molecule has 26 heavy (non-hydrogen) atoms. The Labute approximate surface area is 163 Å². The van der Waals surface area contributed by atoms with Gasteiger partial charge < -0.3 is 9.73 Å². The number of anilines is 1. The summed E-state index contributed by atoms with van der Waals surface area (Å²) in [5, 5.41) is 20.4. The van der Waals surface area contributed by atoms with Crippen LogP contribution in [0.5, 0.6) is 0 Å². The van der Waals surface area contributed by atoms with Gasteiger partial charge in [0.15, 0.2) is 0 Å². The van der Waals surface area contributed by atoms with E-state index in [1.165, 1.54) is 6.07 Å². The molecule has 1 N–H and O–H groups in total. The molecule has 0 aliphatic heterocycles. The maximum absolute atomic E-state index is 12.0. The molecule has 0 fully saturated rings. The largest absolute Gasteiger partial charge is 0.411 e. The number of nitrogens with one attached hydrogen (secondary N) is 1. The molecule has 1 heterocycles. The van der Waals surface area contributed by atoms with Crippen molar-refractivity contribution in [2.75, 3.05) is 11.1 Å². The van der Waals surface area contributed by atoms with Gasteiger partial charge in [-0.3, -0.25) is 4.79 Å². The smallest absolute Gasteiger partial charge is 0.277 e. The van der Waals surface area contributed by atoms with Crippen LogP contribution in [-0.2, 0) is 4.79 Å². The molecule has 0 atom stereocenters. The third kappa shape index (κ3) is 4.35. The van der Waals surface area contributed by atoms with Crippen LogP contribution in [0, 0.1) is 11.3 Å². The second-order valence-corrected chi connectivity index (χ2v) is 6.74. The summed E-state index contributed by atoms with van der Waals surface area (Å²) in [7, 11) is 0. The van der Waals surface area contributed by atoms with Crippen molar-refractivity contribution in [1.29, 1.82) is 5.26 Å². The highest BCUT2D eigenvalue weighted by atomic mass is 35.5. The van der Waals surface area contributed by atoms with Crippen LogP contribution in [0.25, 0.3) is 11.5 Å². The molecule has 2 aromatic carbocycles. The zero-order chi connectivity index (χ0) is 18.5. The second kappa shape index (κ2) is 8.23. The predicted octanol–water partition coefficient (Wildman–Crippen LogP) is 4.65. The zero-order valence-corrected chi connectivity index (χ0v) is 15.4. The summed E-state index contributed by atoms with van der Waals surface area (Å²) in [5.74, 6) is 0.0903. The molecule has 0 radical (unpaired) electrons. The Morgan fingerprint density at radius 1 is 1.19 bits per heavy atom. The molecule has 0 aliphatic rings. The predicted molar refractivity (Wildman–Crippen MR) is 100 cm³/mol. The van der Waals surface area contributed by atoms with Crippen LogP contribution < -0.4 is 5.32 Å². The van der Waals surface area contributed by atoms with E-state index in [1.54, 1.807) is 30.3 Å². The van der Waals surface area contributed by atoms with Crippen molar-refractivity contribution in [2.45, 2.75) is 5.22 Å². The zero-order valence-electron chi connectivity index (χ0n) is 13.1. The Kier molecular flexibility index (Phi) is 5.78. The molecule has 130 valence electrons. The monoisotopic (exact) mass is 404 g/mol. The Morgan fingerprint density at radius 3 is 2.73 bits per heavy atom. The van der Waals surface area contributed by atoms with Gasteiger partial charge in [0.2, 0.25) is 11.8 Å². The first kappa shape index (κ1) is 18.3. The fourth-order valence-corrected chi connectivity index (χ4v) is 3.02. The average molecular weight is 405 g/mol. The van der Waals surface area contributed by atoms with Crippen molar-refractivity contribution < 1.29 is 9.21 Å². The molecule has 0 saturated carbocycles. The molecule has 1 aromatic heterocycles. The van der Waals surface area contributed by atoms with Crippen molar-refractivity contribution in [2.24, 2.45) is 0 Å². The van der Waals surface area contributed by atoms with Gasteiger partial charge in [-0.1, -0.05) is 47.1 Å². The molecule has 0 bridgehead atoms. The molecule has 0 spiro atoms. The van der Waals surface area contributed by atoms with E-state index in [4.69, 9.17) is 32.9 Å². The van der Waals surface area contributed by atoms with E-state index in [-0.39, 0.29) is 27.8 Å². The van der Waals surface area contributed by atoms with Gasteiger partial charge in [0.25, 0.3) is 5.22 Å². The van der Waals surface area contributed by atoms with E-state index in [0.717, 1.165) is 11.8 Å². The van der Waals surface area contributed by atoms with Crippen LogP contribution in [0.15, 0.2) is 52.1 Å². The number of carbonyl (C=O) groups excluding carboxylic acids is 1. The van der Waals surface area contributed by atoms with Crippen molar-refractivity contribution in [3.05, 3.63) is 58.1 Å². The van der Waals surface area contributed by atoms with Gasteiger partial charge in [-0.05, 0) is 30.3 Å². The van der Waals surface area contributed by atoms with Crippen LogP contribution in [-0.4, -0.2) is 21.9 Å². The third-order valence-electron chi connectivity index (χ3n) is 3.21. The number of benzene rings is 2. The van der Waals surface area contributed by atoms with Crippen LogP contribution in [0.2, 0.25) is 10.0 Å². The molecule has 1 amide bonds. The highest BCUT2D eigenvalue weighted by Crippen LogP contribution is 2.28. The van der Waals surface area contributed by atoms with E-state index in [9.17, 15) is 4.79 Å². The summed E-state index contributed by atoms with van der Waals surface area (Å²) < 4.78 is 5.52. The summed E-state index contributed by atoms with van der Waals surface area (Å²) in [6.45, 7) is 0. The van der Waals surface area contributed by atoms with E-state index >= 15 is 0 Å². The van der Waals surface area contributed by atoms with Gasteiger partial charge in [-0.15, -0.1) is 10.2 Å². The van der Waals surface area contributed by atoms with E-state index < -0.39 is 0 Å². The Balaban J connectivity index is 1.59. The first-order valence-corrected chi connectivity index (χ1v) is 9.01. The van der Waals surface area contributed by atoms with Gasteiger partial charge in [-0.25, -0.2) is 0 Å². The number of nitrogens with zero attached hydrogens (tertiary/aromatic N) is 3. The van der Waals surface area contributed by atoms with Crippen LogP contribution in [0.4, 0.5) is 5.69 Å². The number of hydrogen-bond donors (Lipinski definition) is 1. The molecule has 0 aliphatic carbocycles. The van der Waals surface area contributed by atoms with E-state index in [0.29, 0.717) is 21.8 Å². The molecule has 9 heteroatoms. The topological polar surface area (TPSA) is 91.8 Å². The summed E-state index contributed by atoms with van der Waals surface area (Å²) in [6.07, 6.45) is 0. The maximum atomic E-state index is 12.0. The third-order valence-corrected chi connectivity index (χ3v) is 4.67. The fraction of sp³-hybridized carbons (Fsp3) is 0.0588.